The average Bonchev–Trinajstić information content (AvgIpc) is 2.36. The van der Waals surface area contributed by atoms with Crippen molar-refractivity contribution in [2.45, 2.75) is 19.4 Å². The fourth-order valence-electron chi connectivity index (χ4n) is 2.67. The van der Waals surface area contributed by atoms with Crippen LogP contribution in [0.2, 0.25) is 0 Å². The predicted molar refractivity (Wildman–Crippen MR) is 79.6 cm³/mol. The first-order valence-corrected chi connectivity index (χ1v) is 7.18. The number of halogens is 2. The highest BCUT2D eigenvalue weighted by molar-refractivity contribution is 5.26. The van der Waals surface area contributed by atoms with Gasteiger partial charge in [-0.25, -0.2) is 0 Å². The van der Waals surface area contributed by atoms with E-state index in [2.05, 4.69) is 57.2 Å². The monoisotopic (exact) mass is 517 g/mol. The molecular weight excluding hydrogens is 490 g/mol. The van der Waals surface area contributed by atoms with E-state index in [0.29, 0.717) is 6.04 Å². The molecule has 122 valence electrons. The van der Waals surface area contributed by atoms with Crippen LogP contribution in [0, 0.1) is 6.92 Å². The Bertz CT molecular complexity index is 409. The van der Waals surface area contributed by atoms with Gasteiger partial charge in [0.05, 0.1) is 39.8 Å². The zero-order valence-corrected chi connectivity index (χ0v) is 17.8. The number of hydrogen-bond donors (Lipinski definition) is 0. The summed E-state index contributed by atoms with van der Waals surface area (Å²) < 4.78 is 6.97. The normalized spacial score (nSPS) is 21.0. The van der Waals surface area contributed by atoms with Crippen LogP contribution in [0.3, 0.4) is 0 Å². The molecule has 1 aromatic carbocycles. The third-order valence-electron chi connectivity index (χ3n) is 4.13. The van der Waals surface area contributed by atoms with Gasteiger partial charge in [-0.15, -0.1) is 0 Å². The van der Waals surface area contributed by atoms with E-state index in [-0.39, 0.29) is 48.0 Å². The van der Waals surface area contributed by atoms with Crippen molar-refractivity contribution >= 4 is 0 Å². The van der Waals surface area contributed by atoms with Gasteiger partial charge in [-0.05, 0) is 26.1 Å². The zero-order chi connectivity index (χ0) is 13.9. The second kappa shape index (κ2) is 9.52. The Morgan fingerprint density at radius 2 is 1.81 bits per heavy atom. The highest BCUT2D eigenvalue weighted by Crippen LogP contribution is 2.16. The minimum absolute atomic E-state index is 0. The van der Waals surface area contributed by atoms with Crippen molar-refractivity contribution in [2.24, 2.45) is 0 Å². The van der Waals surface area contributed by atoms with Crippen LogP contribution in [0.1, 0.15) is 12.0 Å². The lowest BCUT2D eigenvalue weighted by Crippen LogP contribution is -3.00. The molecule has 1 unspecified atom stereocenters. The average molecular weight is 517 g/mol. The number of piperazine rings is 1. The van der Waals surface area contributed by atoms with Crippen molar-refractivity contribution in [3.8, 4) is 5.75 Å². The van der Waals surface area contributed by atoms with Gasteiger partial charge in [-0.3, -0.25) is 4.90 Å². The minimum Gasteiger partial charge on any atom is -1.00 e. The summed E-state index contributed by atoms with van der Waals surface area (Å²) in [6.45, 7) is 6.54. The van der Waals surface area contributed by atoms with Gasteiger partial charge in [0, 0.05) is 13.0 Å². The number of hydrogen-bond acceptors (Lipinski definition) is 2. The highest BCUT2D eigenvalue weighted by Gasteiger charge is 2.30. The van der Waals surface area contributed by atoms with Gasteiger partial charge in [-0.1, -0.05) is 17.7 Å². The summed E-state index contributed by atoms with van der Waals surface area (Å²) in [5, 5.41) is 0. The molecule has 1 heterocycles. The molecular formula is C16H27I2N2O-. The van der Waals surface area contributed by atoms with Gasteiger partial charge in [-0.2, -0.15) is 0 Å². The van der Waals surface area contributed by atoms with Gasteiger partial charge < -0.3 is 57.2 Å². The minimum atomic E-state index is 0. The van der Waals surface area contributed by atoms with Crippen LogP contribution in [0.25, 0.3) is 0 Å². The standard InChI is InChI=1S/C16H27N2O.2HI/c1-14-5-7-16(8-6-14)19-12-9-15-13-18(3,4)11-10-17(15)2;;/h5-8,15H,9-13H2,1-4H3;2*1H/q+1;;/p-2. The molecule has 1 atom stereocenters. The van der Waals surface area contributed by atoms with Crippen LogP contribution in [0.5, 0.6) is 5.75 Å². The van der Waals surface area contributed by atoms with E-state index in [1.165, 1.54) is 25.2 Å². The third-order valence-corrected chi connectivity index (χ3v) is 4.13. The molecule has 1 aliphatic rings. The predicted octanol–water partition coefficient (Wildman–Crippen LogP) is -3.84. The van der Waals surface area contributed by atoms with Crippen LogP contribution < -0.4 is 52.7 Å². The van der Waals surface area contributed by atoms with Gasteiger partial charge in [0.25, 0.3) is 0 Å². The van der Waals surface area contributed by atoms with Crippen molar-refractivity contribution in [3.63, 3.8) is 0 Å². The maximum Gasteiger partial charge on any atom is 0.119 e. The SMILES string of the molecule is Cc1ccc(OCCC2C[N+](C)(C)CCN2C)cc1.[I-].[I-]. The lowest BCUT2D eigenvalue weighted by atomic mass is 10.1. The number of rotatable bonds is 4. The van der Waals surface area contributed by atoms with Crippen LogP contribution in [0.4, 0.5) is 0 Å². The van der Waals surface area contributed by atoms with Crippen LogP contribution in [-0.2, 0) is 0 Å². The van der Waals surface area contributed by atoms with Crippen molar-refractivity contribution < 1.29 is 57.2 Å². The first-order chi connectivity index (χ1) is 8.96. The molecule has 0 amide bonds. The number of aryl methyl sites for hydroxylation is 1. The molecule has 1 aliphatic heterocycles. The lowest BCUT2D eigenvalue weighted by Gasteiger charge is -2.43. The van der Waals surface area contributed by atoms with Crippen molar-refractivity contribution in [3.05, 3.63) is 29.8 Å². The van der Waals surface area contributed by atoms with Gasteiger partial charge >= 0.3 is 0 Å². The second-order valence-electron chi connectivity index (χ2n) is 6.43. The number of benzene rings is 1. The van der Waals surface area contributed by atoms with E-state index < -0.39 is 0 Å². The molecule has 0 radical (unpaired) electrons. The lowest BCUT2D eigenvalue weighted by molar-refractivity contribution is -0.897. The van der Waals surface area contributed by atoms with E-state index in [4.69, 9.17) is 4.74 Å². The fourth-order valence-corrected chi connectivity index (χ4v) is 2.67. The van der Waals surface area contributed by atoms with E-state index in [0.717, 1.165) is 23.3 Å². The first kappa shape index (κ1) is 21.4. The molecule has 0 bridgehead atoms. The molecule has 5 heteroatoms. The highest BCUT2D eigenvalue weighted by atomic mass is 127. The third kappa shape index (κ3) is 7.00. The Labute approximate surface area is 163 Å². The number of likely N-dealkylation sites (N-methyl/N-ethyl adjacent to an activating group) is 2. The second-order valence-corrected chi connectivity index (χ2v) is 6.43. The van der Waals surface area contributed by atoms with Gasteiger partial charge in [0.15, 0.2) is 0 Å². The molecule has 3 nitrogen and oxygen atoms in total. The quantitative estimate of drug-likeness (QED) is 0.300. The molecule has 1 aromatic rings. The van der Waals surface area contributed by atoms with Crippen molar-refractivity contribution in [1.29, 1.82) is 0 Å². The molecule has 1 fully saturated rings. The molecule has 0 aromatic heterocycles. The van der Waals surface area contributed by atoms with Crippen LogP contribution in [0.15, 0.2) is 24.3 Å². The summed E-state index contributed by atoms with van der Waals surface area (Å²) in [4.78, 5) is 2.47. The van der Waals surface area contributed by atoms with Crippen LogP contribution >= 0.6 is 0 Å². The maximum absolute atomic E-state index is 5.85. The molecule has 1 saturated heterocycles. The van der Waals surface area contributed by atoms with Crippen LogP contribution in [-0.4, -0.2) is 62.8 Å². The Kier molecular flexibility index (Phi) is 9.70. The Morgan fingerprint density at radius 1 is 1.19 bits per heavy atom. The molecule has 2 rings (SSSR count). The zero-order valence-electron chi connectivity index (χ0n) is 13.5. The Balaban J connectivity index is 0.00000200. The summed E-state index contributed by atoms with van der Waals surface area (Å²) in [7, 11) is 6.87. The summed E-state index contributed by atoms with van der Waals surface area (Å²) in [6, 6.07) is 8.94. The smallest absolute Gasteiger partial charge is 0.119 e. The van der Waals surface area contributed by atoms with E-state index in [9.17, 15) is 0 Å². The molecule has 0 saturated carbocycles. The largest absolute Gasteiger partial charge is 1.00 e. The number of quaternary nitrogens is 1. The Hall–Kier alpha value is 0.400. The summed E-state index contributed by atoms with van der Waals surface area (Å²) in [5.41, 5.74) is 1.28. The maximum atomic E-state index is 5.85. The van der Waals surface area contributed by atoms with Crippen molar-refractivity contribution in [1.82, 2.24) is 4.90 Å². The van der Waals surface area contributed by atoms with E-state index in [1.54, 1.807) is 0 Å². The molecule has 21 heavy (non-hydrogen) atoms. The fraction of sp³-hybridized carbons (Fsp3) is 0.625. The van der Waals surface area contributed by atoms with Crippen molar-refractivity contribution in [2.75, 3.05) is 47.4 Å². The molecule has 0 N–H and O–H groups in total. The first-order valence-electron chi connectivity index (χ1n) is 7.18. The summed E-state index contributed by atoms with van der Waals surface area (Å²) in [5.74, 6) is 0.984. The number of nitrogens with zero attached hydrogens (tertiary/aromatic N) is 2. The summed E-state index contributed by atoms with van der Waals surface area (Å²) in [6.07, 6.45) is 1.10. The molecule has 0 aliphatic carbocycles. The van der Waals surface area contributed by atoms with Gasteiger partial charge in [0.1, 0.15) is 5.75 Å². The molecule has 0 spiro atoms. The summed E-state index contributed by atoms with van der Waals surface area (Å²) >= 11 is 0. The van der Waals surface area contributed by atoms with Gasteiger partial charge in [0.2, 0.25) is 0 Å². The topological polar surface area (TPSA) is 12.5 Å². The Morgan fingerprint density at radius 3 is 2.43 bits per heavy atom. The van der Waals surface area contributed by atoms with E-state index >= 15 is 0 Å². The number of ether oxygens (including phenoxy) is 1. The van der Waals surface area contributed by atoms with E-state index in [1.807, 2.05) is 0 Å².